The Kier molecular flexibility index (Phi) is 5.43. The molecule has 1 aromatic heterocycles. The van der Waals surface area contributed by atoms with Crippen molar-refractivity contribution in [1.82, 2.24) is 20.1 Å². The molecule has 2 aromatic rings. The number of nitrogens with zero attached hydrogens (tertiary/aromatic N) is 2. The number of rotatable bonds is 6. The van der Waals surface area contributed by atoms with Gasteiger partial charge < -0.3 is 19.9 Å². The standard InChI is InChI=1S/C25H32N4O4/c1-15(2)13-20(22(30)26-14-16-7-6-12-33-16)29-23(31)25(3)21-18(10-11-28(25)24(29)32)17-8-4-5-9-19(17)27-21/h4-5,8-9,15-16,20,27H,6-7,10-14H2,1-3H3,(H,26,30)/t16-,20-,25-/m0/s1. The van der Waals surface area contributed by atoms with Crippen LogP contribution in [0.2, 0.25) is 0 Å². The second-order valence-electron chi connectivity index (χ2n) is 9.98. The number of nitrogens with one attached hydrogen (secondary N) is 2. The highest BCUT2D eigenvalue weighted by Gasteiger charge is 2.60. The summed E-state index contributed by atoms with van der Waals surface area (Å²) < 4.78 is 5.62. The molecule has 3 atom stereocenters. The number of benzene rings is 1. The summed E-state index contributed by atoms with van der Waals surface area (Å²) in [7, 11) is 0. The number of hydrogen-bond donors (Lipinski definition) is 2. The van der Waals surface area contributed by atoms with Crippen LogP contribution in [-0.4, -0.2) is 64.5 Å². The van der Waals surface area contributed by atoms with Gasteiger partial charge in [-0.05, 0) is 50.2 Å². The first-order chi connectivity index (χ1) is 15.8. The maximum atomic E-state index is 13.9. The van der Waals surface area contributed by atoms with E-state index in [1.54, 1.807) is 11.8 Å². The normalized spacial score (nSPS) is 25.6. The minimum Gasteiger partial charge on any atom is -0.376 e. The highest BCUT2D eigenvalue weighted by molar-refractivity contribution is 6.11. The molecule has 0 unspecified atom stereocenters. The van der Waals surface area contributed by atoms with Crippen molar-refractivity contribution in [3.05, 3.63) is 35.5 Å². The predicted molar refractivity (Wildman–Crippen MR) is 124 cm³/mol. The van der Waals surface area contributed by atoms with Gasteiger partial charge in [0.05, 0.1) is 11.8 Å². The van der Waals surface area contributed by atoms with Gasteiger partial charge in [-0.15, -0.1) is 0 Å². The van der Waals surface area contributed by atoms with Crippen molar-refractivity contribution in [1.29, 1.82) is 0 Å². The molecular formula is C25H32N4O4. The molecule has 3 aliphatic rings. The Hall–Kier alpha value is -2.87. The lowest BCUT2D eigenvalue weighted by Crippen LogP contribution is -2.52. The number of aromatic amines is 1. The van der Waals surface area contributed by atoms with Crippen molar-refractivity contribution in [2.75, 3.05) is 19.7 Å². The number of para-hydroxylation sites is 1. The van der Waals surface area contributed by atoms with Gasteiger partial charge in [0.2, 0.25) is 5.91 Å². The van der Waals surface area contributed by atoms with Gasteiger partial charge in [0, 0.05) is 30.6 Å². The Bertz CT molecular complexity index is 1100. The van der Waals surface area contributed by atoms with E-state index in [1.807, 2.05) is 38.1 Å². The minimum atomic E-state index is -1.15. The van der Waals surface area contributed by atoms with E-state index >= 15 is 0 Å². The molecule has 0 saturated carbocycles. The maximum absolute atomic E-state index is 13.9. The Morgan fingerprint density at radius 3 is 2.82 bits per heavy atom. The average Bonchev–Trinajstić information content (AvgIpc) is 3.48. The molecule has 8 heteroatoms. The van der Waals surface area contributed by atoms with Crippen LogP contribution in [0.4, 0.5) is 4.79 Å². The lowest BCUT2D eigenvalue weighted by atomic mass is 9.87. The summed E-state index contributed by atoms with van der Waals surface area (Å²) in [5, 5.41) is 4.03. The molecule has 0 aliphatic carbocycles. The molecule has 1 aromatic carbocycles. The highest BCUT2D eigenvalue weighted by Crippen LogP contribution is 2.44. The predicted octanol–water partition coefficient (Wildman–Crippen LogP) is 2.91. The van der Waals surface area contributed by atoms with Crippen molar-refractivity contribution >= 4 is 28.7 Å². The van der Waals surface area contributed by atoms with E-state index in [-0.39, 0.29) is 29.9 Å². The lowest BCUT2D eigenvalue weighted by molar-refractivity contribution is -0.140. The molecule has 5 rings (SSSR count). The summed E-state index contributed by atoms with van der Waals surface area (Å²) in [6.07, 6.45) is 2.97. The van der Waals surface area contributed by atoms with E-state index in [0.717, 1.165) is 35.0 Å². The van der Waals surface area contributed by atoms with Gasteiger partial charge in [-0.2, -0.15) is 0 Å². The molecule has 8 nitrogen and oxygen atoms in total. The van der Waals surface area contributed by atoms with Crippen molar-refractivity contribution in [3.8, 4) is 0 Å². The summed E-state index contributed by atoms with van der Waals surface area (Å²) in [4.78, 5) is 47.0. The third-order valence-electron chi connectivity index (χ3n) is 7.33. The minimum absolute atomic E-state index is 0.00335. The van der Waals surface area contributed by atoms with E-state index in [9.17, 15) is 14.4 Å². The SMILES string of the molecule is CC(C)C[C@@H](C(=O)NC[C@@H]1CCCO1)N1C(=O)N2CCc3c([nH]c4ccccc34)[C@@]2(C)C1=O. The highest BCUT2D eigenvalue weighted by atomic mass is 16.5. The molecule has 0 bridgehead atoms. The van der Waals surface area contributed by atoms with Crippen molar-refractivity contribution in [2.24, 2.45) is 5.92 Å². The van der Waals surface area contributed by atoms with Gasteiger partial charge in [0.25, 0.3) is 5.91 Å². The van der Waals surface area contributed by atoms with E-state index in [1.165, 1.54) is 4.90 Å². The fourth-order valence-corrected chi connectivity index (χ4v) is 5.61. The number of ether oxygens (including phenoxy) is 1. The van der Waals surface area contributed by atoms with Gasteiger partial charge in [-0.1, -0.05) is 32.0 Å². The number of hydrogen-bond acceptors (Lipinski definition) is 4. The molecule has 3 aliphatic heterocycles. The summed E-state index contributed by atoms with van der Waals surface area (Å²) in [6, 6.07) is 6.74. The van der Waals surface area contributed by atoms with Crippen LogP contribution in [0.25, 0.3) is 10.9 Å². The summed E-state index contributed by atoms with van der Waals surface area (Å²) in [6.45, 7) is 7.35. The number of amides is 4. The second-order valence-corrected chi connectivity index (χ2v) is 9.98. The Balaban J connectivity index is 1.48. The van der Waals surface area contributed by atoms with Crippen molar-refractivity contribution in [3.63, 3.8) is 0 Å². The molecule has 2 fully saturated rings. The molecule has 33 heavy (non-hydrogen) atoms. The van der Waals surface area contributed by atoms with Crippen molar-refractivity contribution in [2.45, 2.75) is 64.1 Å². The van der Waals surface area contributed by atoms with Crippen LogP contribution < -0.4 is 5.32 Å². The summed E-state index contributed by atoms with van der Waals surface area (Å²) >= 11 is 0. The third-order valence-corrected chi connectivity index (χ3v) is 7.33. The summed E-state index contributed by atoms with van der Waals surface area (Å²) in [5.74, 6) is -0.489. The molecule has 2 saturated heterocycles. The van der Waals surface area contributed by atoms with Gasteiger partial charge in [-0.25, -0.2) is 9.69 Å². The molecule has 0 radical (unpaired) electrons. The first kappa shape index (κ1) is 21.9. The zero-order valence-corrected chi connectivity index (χ0v) is 19.5. The zero-order valence-electron chi connectivity index (χ0n) is 19.5. The number of carbonyl (C=O) groups is 3. The lowest BCUT2D eigenvalue weighted by Gasteiger charge is -2.36. The number of imide groups is 1. The fraction of sp³-hybridized carbons (Fsp3) is 0.560. The average molecular weight is 453 g/mol. The van der Waals surface area contributed by atoms with Crippen molar-refractivity contribution < 1.29 is 19.1 Å². The number of urea groups is 1. The van der Waals surface area contributed by atoms with Gasteiger partial charge >= 0.3 is 6.03 Å². The van der Waals surface area contributed by atoms with Crippen LogP contribution in [-0.2, 0) is 26.3 Å². The summed E-state index contributed by atoms with van der Waals surface area (Å²) in [5.41, 5.74) is 1.65. The molecule has 2 N–H and O–H groups in total. The first-order valence-corrected chi connectivity index (χ1v) is 12.0. The third kappa shape index (κ3) is 3.42. The molecule has 4 amide bonds. The quantitative estimate of drug-likeness (QED) is 0.659. The number of fused-ring (bicyclic) bond motifs is 5. The second kappa shape index (κ2) is 8.17. The van der Waals surface area contributed by atoms with Gasteiger partial charge in [-0.3, -0.25) is 9.59 Å². The number of carbonyl (C=O) groups excluding carboxylic acids is 3. The van der Waals surface area contributed by atoms with Crippen LogP contribution in [0.3, 0.4) is 0 Å². The van der Waals surface area contributed by atoms with Crippen LogP contribution in [0.5, 0.6) is 0 Å². The maximum Gasteiger partial charge on any atom is 0.328 e. The van der Waals surface area contributed by atoms with E-state index in [0.29, 0.717) is 32.5 Å². The Morgan fingerprint density at radius 2 is 2.09 bits per heavy atom. The van der Waals surface area contributed by atoms with Crippen LogP contribution >= 0.6 is 0 Å². The first-order valence-electron chi connectivity index (χ1n) is 12.0. The fourth-order valence-electron chi connectivity index (χ4n) is 5.61. The smallest absolute Gasteiger partial charge is 0.328 e. The Morgan fingerprint density at radius 1 is 1.30 bits per heavy atom. The van der Waals surface area contributed by atoms with Crippen LogP contribution in [0.15, 0.2) is 24.3 Å². The monoisotopic (exact) mass is 452 g/mol. The van der Waals surface area contributed by atoms with Crippen LogP contribution in [0, 0.1) is 5.92 Å². The Labute approximate surface area is 193 Å². The molecule has 4 heterocycles. The molecular weight excluding hydrogens is 420 g/mol. The topological polar surface area (TPSA) is 94.7 Å². The van der Waals surface area contributed by atoms with E-state index < -0.39 is 11.6 Å². The molecule has 0 spiro atoms. The number of H-pyrrole nitrogens is 1. The molecule has 176 valence electrons. The van der Waals surface area contributed by atoms with Gasteiger partial charge in [0.1, 0.15) is 6.04 Å². The van der Waals surface area contributed by atoms with Crippen LogP contribution in [0.1, 0.15) is 51.3 Å². The van der Waals surface area contributed by atoms with E-state index in [4.69, 9.17) is 4.74 Å². The zero-order chi connectivity index (χ0) is 23.3. The van der Waals surface area contributed by atoms with E-state index in [2.05, 4.69) is 10.3 Å². The largest absolute Gasteiger partial charge is 0.376 e. The number of aromatic nitrogens is 1. The van der Waals surface area contributed by atoms with Gasteiger partial charge in [0.15, 0.2) is 5.54 Å².